The first-order valence-corrected chi connectivity index (χ1v) is 8.63. The predicted octanol–water partition coefficient (Wildman–Crippen LogP) is 3.53. The van der Waals surface area contributed by atoms with Crippen molar-refractivity contribution in [2.45, 2.75) is 23.7 Å². The fraction of sp³-hybridized carbons (Fsp3) is 0.231. The van der Waals surface area contributed by atoms with Gasteiger partial charge in [0.05, 0.1) is 10.9 Å². The SMILES string of the molecule is C[C@@H](NS(=O)(=O)c1cccc(CCl)c1)c1cccs1. The molecular weight excluding hydrogens is 302 g/mol. The molecule has 0 aliphatic carbocycles. The molecule has 3 nitrogen and oxygen atoms in total. The molecule has 0 saturated heterocycles. The maximum Gasteiger partial charge on any atom is 0.241 e. The fourth-order valence-electron chi connectivity index (χ4n) is 1.69. The Hall–Kier alpha value is -0.880. The van der Waals surface area contributed by atoms with Crippen LogP contribution in [0.4, 0.5) is 0 Å². The highest BCUT2D eigenvalue weighted by Gasteiger charge is 2.18. The molecule has 1 aromatic carbocycles. The molecule has 0 radical (unpaired) electrons. The number of hydrogen-bond donors (Lipinski definition) is 1. The first-order chi connectivity index (χ1) is 9.03. The summed E-state index contributed by atoms with van der Waals surface area (Å²) in [6.07, 6.45) is 0. The molecule has 2 aromatic rings. The minimum Gasteiger partial charge on any atom is -0.207 e. The molecular formula is C13H14ClNO2S2. The largest absolute Gasteiger partial charge is 0.241 e. The Labute approximate surface area is 122 Å². The Morgan fingerprint density at radius 3 is 2.74 bits per heavy atom. The number of rotatable bonds is 5. The van der Waals surface area contributed by atoms with E-state index in [1.54, 1.807) is 24.3 Å². The number of benzene rings is 1. The molecule has 2 rings (SSSR count). The molecule has 1 heterocycles. The second-order valence-electron chi connectivity index (χ2n) is 4.14. The number of hydrogen-bond acceptors (Lipinski definition) is 3. The zero-order valence-electron chi connectivity index (χ0n) is 10.3. The molecule has 0 unspecified atom stereocenters. The average Bonchev–Trinajstić information content (AvgIpc) is 2.92. The van der Waals surface area contributed by atoms with E-state index in [0.29, 0.717) is 5.88 Å². The lowest BCUT2D eigenvalue weighted by molar-refractivity contribution is 0.568. The number of nitrogens with one attached hydrogen (secondary N) is 1. The molecule has 0 bridgehead atoms. The third kappa shape index (κ3) is 3.57. The molecule has 0 aliphatic rings. The van der Waals surface area contributed by atoms with Crippen molar-refractivity contribution >= 4 is 33.0 Å². The van der Waals surface area contributed by atoms with E-state index in [4.69, 9.17) is 11.6 Å². The molecule has 6 heteroatoms. The van der Waals surface area contributed by atoms with Gasteiger partial charge in [-0.2, -0.15) is 0 Å². The number of sulfonamides is 1. The van der Waals surface area contributed by atoms with Crippen molar-refractivity contribution in [1.82, 2.24) is 4.72 Å². The lowest BCUT2D eigenvalue weighted by atomic mass is 10.2. The Morgan fingerprint density at radius 2 is 2.11 bits per heavy atom. The van der Waals surface area contributed by atoms with Gasteiger partial charge in [-0.3, -0.25) is 0 Å². The summed E-state index contributed by atoms with van der Waals surface area (Å²) in [5, 5.41) is 1.92. The van der Waals surface area contributed by atoms with Gasteiger partial charge in [-0.25, -0.2) is 13.1 Å². The Kier molecular flexibility index (Phi) is 4.62. The smallest absolute Gasteiger partial charge is 0.207 e. The van der Waals surface area contributed by atoms with Crippen LogP contribution >= 0.6 is 22.9 Å². The van der Waals surface area contributed by atoms with Crippen LogP contribution in [0.1, 0.15) is 23.4 Å². The van der Waals surface area contributed by atoms with Crippen molar-refractivity contribution in [1.29, 1.82) is 0 Å². The van der Waals surface area contributed by atoms with Gasteiger partial charge < -0.3 is 0 Å². The van der Waals surface area contributed by atoms with Crippen LogP contribution in [0.3, 0.4) is 0 Å². The zero-order valence-corrected chi connectivity index (χ0v) is 12.7. The van der Waals surface area contributed by atoms with Crippen LogP contribution in [-0.2, 0) is 15.9 Å². The number of halogens is 1. The highest BCUT2D eigenvalue weighted by molar-refractivity contribution is 7.89. The van der Waals surface area contributed by atoms with Crippen LogP contribution in [-0.4, -0.2) is 8.42 Å². The van der Waals surface area contributed by atoms with Gasteiger partial charge in [-0.05, 0) is 36.1 Å². The summed E-state index contributed by atoms with van der Waals surface area (Å²) < 4.78 is 27.2. The predicted molar refractivity (Wildman–Crippen MR) is 79.1 cm³/mol. The normalized spacial score (nSPS) is 13.4. The first kappa shape index (κ1) is 14.5. The van der Waals surface area contributed by atoms with Crippen LogP contribution in [0, 0.1) is 0 Å². The van der Waals surface area contributed by atoms with E-state index in [1.807, 2.05) is 24.4 Å². The zero-order chi connectivity index (χ0) is 13.9. The first-order valence-electron chi connectivity index (χ1n) is 5.73. The van der Waals surface area contributed by atoms with E-state index < -0.39 is 10.0 Å². The molecule has 1 aromatic heterocycles. The summed E-state index contributed by atoms with van der Waals surface area (Å²) >= 11 is 7.25. The van der Waals surface area contributed by atoms with Crippen molar-refractivity contribution in [2.24, 2.45) is 0 Å². The molecule has 0 amide bonds. The lowest BCUT2D eigenvalue weighted by Gasteiger charge is -2.13. The quantitative estimate of drug-likeness (QED) is 0.858. The minimum absolute atomic E-state index is 0.244. The molecule has 19 heavy (non-hydrogen) atoms. The number of thiophene rings is 1. The van der Waals surface area contributed by atoms with E-state index in [9.17, 15) is 8.42 Å². The van der Waals surface area contributed by atoms with Gasteiger partial charge in [0.1, 0.15) is 0 Å². The van der Waals surface area contributed by atoms with E-state index in [0.717, 1.165) is 10.4 Å². The molecule has 0 spiro atoms. The van der Waals surface area contributed by atoms with Crippen LogP contribution < -0.4 is 4.72 Å². The molecule has 0 saturated carbocycles. The standard InChI is InChI=1S/C13H14ClNO2S2/c1-10(13-6-3-7-18-13)15-19(16,17)12-5-2-4-11(8-12)9-14/h2-8,10,15H,9H2,1H3/t10-/m1/s1. The average molecular weight is 316 g/mol. The highest BCUT2D eigenvalue weighted by atomic mass is 35.5. The number of alkyl halides is 1. The second-order valence-corrected chi connectivity index (χ2v) is 7.10. The maximum atomic E-state index is 12.3. The van der Waals surface area contributed by atoms with Crippen LogP contribution in [0.15, 0.2) is 46.7 Å². The van der Waals surface area contributed by atoms with Crippen LogP contribution in [0.5, 0.6) is 0 Å². The lowest BCUT2D eigenvalue weighted by Crippen LogP contribution is -2.26. The van der Waals surface area contributed by atoms with Crippen molar-refractivity contribution in [3.8, 4) is 0 Å². The van der Waals surface area contributed by atoms with Crippen molar-refractivity contribution < 1.29 is 8.42 Å². The molecule has 1 atom stereocenters. The molecule has 102 valence electrons. The van der Waals surface area contributed by atoms with Gasteiger partial charge in [0.25, 0.3) is 0 Å². The third-order valence-corrected chi connectivity index (χ3v) is 5.57. The molecule has 0 aliphatic heterocycles. The monoisotopic (exact) mass is 315 g/mol. The molecule has 1 N–H and O–H groups in total. The van der Waals surface area contributed by atoms with E-state index in [-0.39, 0.29) is 10.9 Å². The summed E-state index contributed by atoms with van der Waals surface area (Å²) in [6, 6.07) is 10.2. The van der Waals surface area contributed by atoms with Crippen LogP contribution in [0.25, 0.3) is 0 Å². The van der Waals surface area contributed by atoms with Gasteiger partial charge in [0.15, 0.2) is 0 Å². The topological polar surface area (TPSA) is 46.2 Å². The van der Waals surface area contributed by atoms with Crippen LogP contribution in [0.2, 0.25) is 0 Å². The Balaban J connectivity index is 2.22. The van der Waals surface area contributed by atoms with E-state index in [1.165, 1.54) is 11.3 Å². The fourth-order valence-corrected chi connectivity index (χ4v) is 3.96. The minimum atomic E-state index is -3.52. The highest BCUT2D eigenvalue weighted by Crippen LogP contribution is 2.21. The summed E-state index contributed by atoms with van der Waals surface area (Å²) in [5.74, 6) is 0.295. The summed E-state index contributed by atoms with van der Waals surface area (Å²) in [7, 11) is -3.52. The van der Waals surface area contributed by atoms with Crippen molar-refractivity contribution in [3.05, 3.63) is 52.2 Å². The van der Waals surface area contributed by atoms with Gasteiger partial charge in [0.2, 0.25) is 10.0 Å². The third-order valence-electron chi connectivity index (χ3n) is 2.66. The Morgan fingerprint density at radius 1 is 1.32 bits per heavy atom. The summed E-state index contributed by atoms with van der Waals surface area (Å²) in [6.45, 7) is 1.83. The van der Waals surface area contributed by atoms with Gasteiger partial charge in [0, 0.05) is 10.8 Å². The second kappa shape index (κ2) is 6.05. The van der Waals surface area contributed by atoms with Crippen molar-refractivity contribution in [2.75, 3.05) is 0 Å². The molecule has 0 fully saturated rings. The van der Waals surface area contributed by atoms with Gasteiger partial charge in [-0.15, -0.1) is 22.9 Å². The summed E-state index contributed by atoms with van der Waals surface area (Å²) in [5.41, 5.74) is 0.785. The van der Waals surface area contributed by atoms with E-state index >= 15 is 0 Å². The Bertz CT molecular complexity index is 638. The summed E-state index contributed by atoms with van der Waals surface area (Å²) in [4.78, 5) is 1.23. The van der Waals surface area contributed by atoms with Gasteiger partial charge in [-0.1, -0.05) is 18.2 Å². The van der Waals surface area contributed by atoms with E-state index in [2.05, 4.69) is 4.72 Å². The van der Waals surface area contributed by atoms with Crippen molar-refractivity contribution in [3.63, 3.8) is 0 Å². The van der Waals surface area contributed by atoms with Gasteiger partial charge >= 0.3 is 0 Å². The maximum absolute atomic E-state index is 12.3.